The Hall–Kier alpha value is -2.96. The molecule has 0 aromatic heterocycles. The minimum absolute atomic E-state index is 0.00109. The number of benzene rings is 2. The van der Waals surface area contributed by atoms with Crippen molar-refractivity contribution in [1.82, 2.24) is 10.2 Å². The van der Waals surface area contributed by atoms with Crippen LogP contribution in [0.4, 0.5) is 8.78 Å². The van der Waals surface area contributed by atoms with Crippen LogP contribution in [0.2, 0.25) is 0 Å². The number of carbonyl (C=O) groups excluding carboxylic acids is 2. The van der Waals surface area contributed by atoms with Gasteiger partial charge in [-0.15, -0.1) is 0 Å². The molecule has 0 spiro atoms. The molecule has 7 heteroatoms. The normalized spacial score (nSPS) is 16.4. The molecule has 3 rings (SSSR count). The minimum Gasteiger partial charge on any atom is -0.481 e. The van der Waals surface area contributed by atoms with Gasteiger partial charge in [0.25, 0.3) is 5.91 Å². The van der Waals surface area contributed by atoms with Crippen LogP contribution in [-0.2, 0) is 16.1 Å². The first-order chi connectivity index (χ1) is 13.0. The molecule has 142 valence electrons. The van der Waals surface area contributed by atoms with Crippen molar-refractivity contribution in [3.05, 3.63) is 65.7 Å². The summed E-state index contributed by atoms with van der Waals surface area (Å²) < 4.78 is 31.5. The van der Waals surface area contributed by atoms with E-state index in [1.807, 2.05) is 0 Å². The smallest absolute Gasteiger partial charge is 0.257 e. The maximum atomic E-state index is 13.4. The van der Waals surface area contributed by atoms with E-state index in [2.05, 4.69) is 5.32 Å². The zero-order valence-corrected chi connectivity index (χ0v) is 14.7. The number of rotatable bonds is 7. The summed E-state index contributed by atoms with van der Waals surface area (Å²) in [4.78, 5) is 25.7. The fraction of sp³-hybridized carbons (Fsp3) is 0.300. The molecule has 1 atom stereocenters. The average Bonchev–Trinajstić information content (AvgIpc) is 3.01. The molecule has 1 heterocycles. The number of nitrogens with zero attached hydrogens (tertiary/aromatic N) is 1. The van der Waals surface area contributed by atoms with Gasteiger partial charge < -0.3 is 15.0 Å². The van der Waals surface area contributed by atoms with Gasteiger partial charge in [-0.3, -0.25) is 9.59 Å². The van der Waals surface area contributed by atoms with Crippen molar-refractivity contribution in [3.63, 3.8) is 0 Å². The molecular formula is C20H20F2N2O3. The third kappa shape index (κ3) is 5.26. The number of ether oxygens (including phenoxy) is 1. The molecule has 1 aliphatic rings. The summed E-state index contributed by atoms with van der Waals surface area (Å²) in [6, 6.07) is 11.9. The molecule has 0 aliphatic carbocycles. The third-order valence-electron chi connectivity index (χ3n) is 4.36. The molecule has 1 aliphatic heterocycles. The van der Waals surface area contributed by atoms with E-state index in [0.29, 0.717) is 26.1 Å². The highest BCUT2D eigenvalue weighted by atomic mass is 19.1. The highest BCUT2D eigenvalue weighted by Gasteiger charge is 2.29. The summed E-state index contributed by atoms with van der Waals surface area (Å²) in [7, 11) is 0. The Morgan fingerprint density at radius 3 is 2.63 bits per heavy atom. The lowest BCUT2D eigenvalue weighted by atomic mass is 10.1. The molecule has 0 radical (unpaired) electrons. The van der Waals surface area contributed by atoms with Gasteiger partial charge in [-0.1, -0.05) is 24.3 Å². The van der Waals surface area contributed by atoms with E-state index in [-0.39, 0.29) is 35.9 Å². The summed E-state index contributed by atoms with van der Waals surface area (Å²) in [6.45, 7) is 0.983. The van der Waals surface area contributed by atoms with Crippen LogP contribution in [0.5, 0.6) is 5.75 Å². The van der Waals surface area contributed by atoms with Gasteiger partial charge in [-0.05, 0) is 29.8 Å². The largest absolute Gasteiger partial charge is 0.481 e. The van der Waals surface area contributed by atoms with E-state index in [0.717, 1.165) is 5.56 Å². The molecule has 2 aromatic rings. The van der Waals surface area contributed by atoms with Gasteiger partial charge in [0.15, 0.2) is 18.2 Å². The quantitative estimate of drug-likeness (QED) is 0.810. The highest BCUT2D eigenvalue weighted by Crippen LogP contribution is 2.20. The number of para-hydroxylation sites is 1. The van der Waals surface area contributed by atoms with Crippen molar-refractivity contribution in [1.29, 1.82) is 0 Å². The SMILES string of the molecule is O=C(COc1ccccc1F)NCC1CC(=O)N(Cc2ccc(F)cc2)C1. The number of likely N-dealkylation sites (tertiary alicyclic amines) is 1. The topological polar surface area (TPSA) is 58.6 Å². The zero-order valence-electron chi connectivity index (χ0n) is 14.7. The number of halogens is 2. The van der Waals surface area contributed by atoms with E-state index in [4.69, 9.17) is 4.74 Å². The van der Waals surface area contributed by atoms with Gasteiger partial charge in [0.1, 0.15) is 5.82 Å². The number of hydrogen-bond acceptors (Lipinski definition) is 3. The molecule has 5 nitrogen and oxygen atoms in total. The Balaban J connectivity index is 1.42. The second-order valence-corrected chi connectivity index (χ2v) is 6.49. The first-order valence-electron chi connectivity index (χ1n) is 8.67. The summed E-state index contributed by atoms with van der Waals surface area (Å²) in [6.07, 6.45) is 0.343. The van der Waals surface area contributed by atoms with E-state index in [1.165, 1.54) is 30.3 Å². The molecular weight excluding hydrogens is 354 g/mol. The number of amides is 2. The van der Waals surface area contributed by atoms with Crippen LogP contribution in [0.1, 0.15) is 12.0 Å². The van der Waals surface area contributed by atoms with E-state index < -0.39 is 5.82 Å². The lowest BCUT2D eigenvalue weighted by Gasteiger charge is -2.17. The van der Waals surface area contributed by atoms with Crippen molar-refractivity contribution in [2.75, 3.05) is 19.7 Å². The van der Waals surface area contributed by atoms with E-state index in [1.54, 1.807) is 23.1 Å². The second-order valence-electron chi connectivity index (χ2n) is 6.49. The van der Waals surface area contributed by atoms with Crippen molar-refractivity contribution in [2.24, 2.45) is 5.92 Å². The molecule has 1 N–H and O–H groups in total. The Labute approximate surface area is 155 Å². The fourth-order valence-electron chi connectivity index (χ4n) is 2.97. The van der Waals surface area contributed by atoms with Crippen LogP contribution >= 0.6 is 0 Å². The highest BCUT2D eigenvalue weighted by molar-refractivity contribution is 5.79. The number of carbonyl (C=O) groups is 2. The molecule has 0 bridgehead atoms. The Morgan fingerprint density at radius 2 is 1.89 bits per heavy atom. The van der Waals surface area contributed by atoms with Crippen LogP contribution in [-0.4, -0.2) is 36.4 Å². The standard InChI is InChI=1S/C20H20F2N2O3/c21-16-7-5-14(6-8-16)11-24-12-15(9-20(24)26)10-23-19(25)13-27-18-4-2-1-3-17(18)22/h1-8,15H,9-13H2,(H,23,25). The van der Waals surface area contributed by atoms with Crippen molar-refractivity contribution in [2.45, 2.75) is 13.0 Å². The predicted octanol–water partition coefficient (Wildman–Crippen LogP) is 2.51. The summed E-state index contributed by atoms with van der Waals surface area (Å²) in [5, 5.41) is 2.71. The first-order valence-corrected chi connectivity index (χ1v) is 8.67. The monoisotopic (exact) mass is 374 g/mol. The van der Waals surface area contributed by atoms with Crippen molar-refractivity contribution in [3.8, 4) is 5.75 Å². The predicted molar refractivity (Wildman–Crippen MR) is 94.8 cm³/mol. The van der Waals surface area contributed by atoms with Gasteiger partial charge in [0.05, 0.1) is 0 Å². The summed E-state index contributed by atoms with van der Waals surface area (Å²) >= 11 is 0. The maximum absolute atomic E-state index is 13.4. The molecule has 2 amide bonds. The van der Waals surface area contributed by atoms with E-state index in [9.17, 15) is 18.4 Å². The Kier molecular flexibility index (Phi) is 6.01. The van der Waals surface area contributed by atoms with Gasteiger partial charge in [-0.2, -0.15) is 0 Å². The van der Waals surface area contributed by atoms with Crippen LogP contribution in [0, 0.1) is 17.6 Å². The second kappa shape index (κ2) is 8.62. The van der Waals surface area contributed by atoms with Crippen LogP contribution in [0.15, 0.2) is 48.5 Å². The molecule has 1 fully saturated rings. The Bertz CT molecular complexity index is 811. The lowest BCUT2D eigenvalue weighted by Crippen LogP contribution is -2.34. The Morgan fingerprint density at radius 1 is 1.15 bits per heavy atom. The summed E-state index contributed by atoms with van der Waals surface area (Å²) in [5.41, 5.74) is 0.854. The minimum atomic E-state index is -0.525. The van der Waals surface area contributed by atoms with Gasteiger partial charge in [0.2, 0.25) is 5.91 Å². The number of hydrogen-bond donors (Lipinski definition) is 1. The molecule has 0 saturated carbocycles. The lowest BCUT2D eigenvalue weighted by molar-refractivity contribution is -0.128. The van der Waals surface area contributed by atoms with Crippen molar-refractivity contribution < 1.29 is 23.1 Å². The molecule has 2 aromatic carbocycles. The van der Waals surface area contributed by atoms with Crippen LogP contribution in [0.3, 0.4) is 0 Å². The molecule has 1 unspecified atom stereocenters. The van der Waals surface area contributed by atoms with Crippen LogP contribution < -0.4 is 10.1 Å². The van der Waals surface area contributed by atoms with Gasteiger partial charge in [-0.25, -0.2) is 8.78 Å². The van der Waals surface area contributed by atoms with Gasteiger partial charge in [0, 0.05) is 32.0 Å². The fourth-order valence-corrected chi connectivity index (χ4v) is 2.97. The average molecular weight is 374 g/mol. The molecule has 27 heavy (non-hydrogen) atoms. The van der Waals surface area contributed by atoms with Crippen LogP contribution in [0.25, 0.3) is 0 Å². The zero-order chi connectivity index (χ0) is 19.2. The first kappa shape index (κ1) is 18.8. The number of nitrogens with one attached hydrogen (secondary N) is 1. The van der Waals surface area contributed by atoms with Crippen molar-refractivity contribution >= 4 is 11.8 Å². The summed E-state index contributed by atoms with van der Waals surface area (Å²) in [5.74, 6) is -1.19. The maximum Gasteiger partial charge on any atom is 0.257 e. The molecule has 1 saturated heterocycles. The third-order valence-corrected chi connectivity index (χ3v) is 4.36. The van der Waals surface area contributed by atoms with E-state index >= 15 is 0 Å². The van der Waals surface area contributed by atoms with Gasteiger partial charge >= 0.3 is 0 Å².